The van der Waals surface area contributed by atoms with Crippen LogP contribution in [0.3, 0.4) is 0 Å². The molecule has 1 fully saturated rings. The first-order valence-corrected chi connectivity index (χ1v) is 2.41. The minimum atomic E-state index is 0. The maximum atomic E-state index is 3.22. The predicted molar refractivity (Wildman–Crippen MR) is 45.2 cm³/mol. The van der Waals surface area contributed by atoms with E-state index in [4.69, 9.17) is 0 Å². The van der Waals surface area contributed by atoms with E-state index in [9.17, 15) is 0 Å². The summed E-state index contributed by atoms with van der Waals surface area (Å²) in [5.74, 6) is 0. The summed E-state index contributed by atoms with van der Waals surface area (Å²) in [5, 5.41) is 6.44. The van der Waals surface area contributed by atoms with Gasteiger partial charge in [0.25, 0.3) is 0 Å². The average Bonchev–Trinajstić information content (AvgIpc) is 1.72. The quantitative estimate of drug-likeness (QED) is 0.376. The monoisotopic (exact) mass is 161 g/mol. The van der Waals surface area contributed by atoms with Crippen molar-refractivity contribution in [2.24, 2.45) is 0 Å². The van der Waals surface area contributed by atoms with E-state index in [0.29, 0.717) is 0 Å². The van der Waals surface area contributed by atoms with Gasteiger partial charge in [0.2, 0.25) is 0 Å². The smallest absolute Gasteiger partial charge is 0.358 e. The minimum absolute atomic E-state index is 0. The van der Waals surface area contributed by atoms with Crippen LogP contribution in [0.4, 0.5) is 0 Å². The number of halogens is 1. The van der Waals surface area contributed by atoms with Gasteiger partial charge in [-0.15, -0.1) is 12.4 Å². The molecule has 0 aromatic carbocycles. The molecular formula is C5H14ClMgN2+. The van der Waals surface area contributed by atoms with Gasteiger partial charge in [0, 0.05) is 26.2 Å². The minimum Gasteiger partial charge on any atom is -0.358 e. The predicted octanol–water partition coefficient (Wildman–Crippen LogP) is -0.330. The first-order chi connectivity index (χ1) is 3.00. The van der Waals surface area contributed by atoms with E-state index >= 15 is 0 Å². The average molecular weight is 162 g/mol. The van der Waals surface area contributed by atoms with E-state index < -0.39 is 0 Å². The molecule has 0 bridgehead atoms. The van der Waals surface area contributed by atoms with Crippen molar-refractivity contribution in [3.05, 3.63) is 7.43 Å². The summed E-state index contributed by atoms with van der Waals surface area (Å²) in [6.07, 6.45) is 0. The zero-order chi connectivity index (χ0) is 4.24. The molecule has 0 atom stereocenters. The van der Waals surface area contributed by atoms with Crippen LogP contribution in [-0.2, 0) is 0 Å². The Balaban J connectivity index is -0.000000120. The van der Waals surface area contributed by atoms with Crippen LogP contribution in [0.5, 0.6) is 0 Å². The van der Waals surface area contributed by atoms with Gasteiger partial charge in [-0.3, -0.25) is 0 Å². The molecule has 2 nitrogen and oxygen atoms in total. The molecule has 52 valence electrons. The summed E-state index contributed by atoms with van der Waals surface area (Å²) in [7, 11) is 0. The normalized spacial score (nSPS) is 16.0. The molecule has 0 saturated carbocycles. The molecule has 0 amide bonds. The first-order valence-electron chi connectivity index (χ1n) is 2.41. The second-order valence-electron chi connectivity index (χ2n) is 1.50. The van der Waals surface area contributed by atoms with Gasteiger partial charge in [-0.2, -0.15) is 0 Å². The topological polar surface area (TPSA) is 24.1 Å². The van der Waals surface area contributed by atoms with Crippen molar-refractivity contribution >= 4 is 35.5 Å². The Kier molecular flexibility index (Phi) is 21.5. The Morgan fingerprint density at radius 3 is 1.11 bits per heavy atom. The zero-order valence-electron chi connectivity index (χ0n) is 5.94. The number of nitrogens with one attached hydrogen (secondary N) is 2. The number of piperazine rings is 1. The molecule has 9 heavy (non-hydrogen) atoms. The van der Waals surface area contributed by atoms with Crippen LogP contribution in [0.15, 0.2) is 0 Å². The van der Waals surface area contributed by atoms with E-state index in [1.165, 1.54) is 0 Å². The Morgan fingerprint density at radius 1 is 0.778 bits per heavy atom. The summed E-state index contributed by atoms with van der Waals surface area (Å²) >= 11 is 0. The fourth-order valence-corrected chi connectivity index (χ4v) is 0.604. The van der Waals surface area contributed by atoms with Gasteiger partial charge in [0.1, 0.15) is 0 Å². The second kappa shape index (κ2) is 11.7. The number of hydrogen-bond donors (Lipinski definition) is 2. The molecule has 0 aromatic rings. The van der Waals surface area contributed by atoms with Gasteiger partial charge in [0.15, 0.2) is 0 Å². The third-order valence-corrected chi connectivity index (χ3v) is 0.957. The van der Waals surface area contributed by atoms with Crippen LogP contribution < -0.4 is 10.6 Å². The molecule has 0 aromatic heterocycles. The van der Waals surface area contributed by atoms with Crippen LogP contribution in [-0.4, -0.2) is 49.2 Å². The molecule has 0 unspecified atom stereocenters. The molecule has 1 aliphatic heterocycles. The van der Waals surface area contributed by atoms with Crippen LogP contribution in [0.1, 0.15) is 0 Å². The van der Waals surface area contributed by atoms with Crippen LogP contribution >= 0.6 is 12.4 Å². The SMILES string of the molecule is C1CNCCN1.Cl.[CH3-].[Mg+2]. The van der Waals surface area contributed by atoms with Gasteiger partial charge in [-0.25, -0.2) is 0 Å². The van der Waals surface area contributed by atoms with Crippen LogP contribution in [0.2, 0.25) is 0 Å². The van der Waals surface area contributed by atoms with E-state index in [0.717, 1.165) is 26.2 Å². The molecule has 1 saturated heterocycles. The molecule has 1 rings (SSSR count). The Bertz CT molecular complexity index is 30.4. The summed E-state index contributed by atoms with van der Waals surface area (Å²) in [6.45, 7) is 4.56. The van der Waals surface area contributed by atoms with E-state index in [1.54, 1.807) is 0 Å². The van der Waals surface area contributed by atoms with E-state index in [2.05, 4.69) is 10.6 Å². The van der Waals surface area contributed by atoms with Crippen molar-refractivity contribution in [2.75, 3.05) is 26.2 Å². The summed E-state index contributed by atoms with van der Waals surface area (Å²) in [5.41, 5.74) is 0. The third-order valence-electron chi connectivity index (χ3n) is 0.957. The second-order valence-corrected chi connectivity index (χ2v) is 1.50. The zero-order valence-corrected chi connectivity index (χ0v) is 8.17. The maximum Gasteiger partial charge on any atom is 2.00 e. The molecule has 0 radical (unpaired) electrons. The first kappa shape index (κ1) is 16.5. The molecule has 0 aliphatic carbocycles. The standard InChI is InChI=1S/C4H10N2.CH3.ClH.Mg/c1-2-6-4-3-5-1;;;/h5-6H,1-4H2;1H3;1H;/q;-1;;+2. The Labute approximate surface area is 79.7 Å². The molecule has 2 N–H and O–H groups in total. The molecular weight excluding hydrogens is 148 g/mol. The van der Waals surface area contributed by atoms with Crippen molar-refractivity contribution in [3.8, 4) is 0 Å². The van der Waals surface area contributed by atoms with Gasteiger partial charge >= 0.3 is 23.1 Å². The van der Waals surface area contributed by atoms with Gasteiger partial charge in [-0.1, -0.05) is 0 Å². The van der Waals surface area contributed by atoms with Gasteiger partial charge in [-0.05, 0) is 0 Å². The fourth-order valence-electron chi connectivity index (χ4n) is 0.604. The van der Waals surface area contributed by atoms with Crippen molar-refractivity contribution in [3.63, 3.8) is 0 Å². The van der Waals surface area contributed by atoms with Gasteiger partial charge in [0.05, 0.1) is 0 Å². The van der Waals surface area contributed by atoms with Gasteiger partial charge < -0.3 is 18.1 Å². The maximum absolute atomic E-state index is 3.22. The van der Waals surface area contributed by atoms with Crippen LogP contribution in [0.25, 0.3) is 0 Å². The van der Waals surface area contributed by atoms with E-state index in [-0.39, 0.29) is 42.9 Å². The van der Waals surface area contributed by atoms with Crippen molar-refractivity contribution in [1.29, 1.82) is 0 Å². The Hall–Kier alpha value is 0.976. The molecule has 1 heterocycles. The summed E-state index contributed by atoms with van der Waals surface area (Å²) in [6, 6.07) is 0. The van der Waals surface area contributed by atoms with Crippen molar-refractivity contribution < 1.29 is 0 Å². The summed E-state index contributed by atoms with van der Waals surface area (Å²) in [4.78, 5) is 0. The number of rotatable bonds is 0. The molecule has 1 aliphatic rings. The van der Waals surface area contributed by atoms with Crippen molar-refractivity contribution in [2.45, 2.75) is 0 Å². The fraction of sp³-hybridized carbons (Fsp3) is 0.800. The molecule has 4 heteroatoms. The Morgan fingerprint density at radius 2 is 1.00 bits per heavy atom. The number of hydrogen-bond acceptors (Lipinski definition) is 2. The van der Waals surface area contributed by atoms with Crippen LogP contribution in [0, 0.1) is 7.43 Å². The largest absolute Gasteiger partial charge is 2.00 e. The van der Waals surface area contributed by atoms with E-state index in [1.807, 2.05) is 0 Å². The molecule has 0 spiro atoms. The van der Waals surface area contributed by atoms with Crippen molar-refractivity contribution in [1.82, 2.24) is 10.6 Å². The third kappa shape index (κ3) is 8.98. The summed E-state index contributed by atoms with van der Waals surface area (Å²) < 4.78 is 0.